The number of anilines is 2. The Morgan fingerprint density at radius 2 is 1.66 bits per heavy atom. The Hall–Kier alpha value is -4.14. The van der Waals surface area contributed by atoms with Gasteiger partial charge in [-0.05, 0) is 24.0 Å². The highest BCUT2D eigenvalue weighted by atomic mass is 16.5. The molecule has 9 nitrogen and oxygen atoms in total. The number of amides is 1. The molecule has 0 saturated heterocycles. The Morgan fingerprint density at radius 3 is 2.26 bits per heavy atom. The van der Waals surface area contributed by atoms with Crippen LogP contribution in [-0.4, -0.2) is 34.6 Å². The maximum Gasteiger partial charge on any atom is 0.330 e. The number of benzene rings is 2. The lowest BCUT2D eigenvalue weighted by atomic mass is 9.97. The van der Waals surface area contributed by atoms with Crippen molar-refractivity contribution in [2.45, 2.75) is 39.2 Å². The summed E-state index contributed by atoms with van der Waals surface area (Å²) in [6.45, 7) is 3.41. The number of esters is 1. The van der Waals surface area contributed by atoms with Crippen LogP contribution < -0.4 is 21.9 Å². The molecule has 0 aliphatic carbocycles. The van der Waals surface area contributed by atoms with E-state index in [0.29, 0.717) is 12.8 Å². The summed E-state index contributed by atoms with van der Waals surface area (Å²) < 4.78 is 6.54. The molecule has 9 heteroatoms. The van der Waals surface area contributed by atoms with Crippen LogP contribution >= 0.6 is 0 Å². The highest BCUT2D eigenvalue weighted by molar-refractivity contribution is 5.97. The maximum atomic E-state index is 13.1. The Kier molecular flexibility index (Phi) is 8.61. The van der Waals surface area contributed by atoms with Gasteiger partial charge in [0.05, 0.1) is 12.5 Å². The maximum absolute atomic E-state index is 13.1. The summed E-state index contributed by atoms with van der Waals surface area (Å²) in [6, 6.07) is 18.3. The monoisotopic (exact) mass is 478 g/mol. The molecule has 3 rings (SSSR count). The highest BCUT2D eigenvalue weighted by Gasteiger charge is 2.26. The third kappa shape index (κ3) is 6.06. The first-order chi connectivity index (χ1) is 16.9. The molecule has 35 heavy (non-hydrogen) atoms. The van der Waals surface area contributed by atoms with Crippen LogP contribution in [0.4, 0.5) is 11.5 Å². The molecular weight excluding hydrogens is 448 g/mol. The van der Waals surface area contributed by atoms with Gasteiger partial charge >= 0.3 is 11.7 Å². The number of H-pyrrole nitrogens is 1. The first kappa shape index (κ1) is 25.5. The van der Waals surface area contributed by atoms with Gasteiger partial charge in [-0.3, -0.25) is 23.9 Å². The van der Waals surface area contributed by atoms with E-state index >= 15 is 0 Å². The van der Waals surface area contributed by atoms with Crippen LogP contribution in [0.5, 0.6) is 0 Å². The molecule has 3 aromatic rings. The van der Waals surface area contributed by atoms with E-state index < -0.39 is 35.7 Å². The van der Waals surface area contributed by atoms with E-state index in [4.69, 9.17) is 10.5 Å². The number of nitrogen functional groups attached to an aromatic ring is 1. The zero-order chi connectivity index (χ0) is 25.4. The third-order valence-electron chi connectivity index (χ3n) is 5.65. The van der Waals surface area contributed by atoms with Gasteiger partial charge in [-0.1, -0.05) is 74.5 Å². The number of hydrogen-bond donors (Lipinski definition) is 2. The van der Waals surface area contributed by atoms with E-state index in [0.717, 1.165) is 11.1 Å². The Labute approximate surface area is 203 Å². The van der Waals surface area contributed by atoms with Gasteiger partial charge in [0.1, 0.15) is 5.82 Å². The van der Waals surface area contributed by atoms with Crippen molar-refractivity contribution in [3.63, 3.8) is 0 Å². The first-order valence-corrected chi connectivity index (χ1v) is 11.6. The van der Waals surface area contributed by atoms with Crippen molar-refractivity contribution in [1.82, 2.24) is 9.55 Å². The lowest BCUT2D eigenvalue weighted by Crippen LogP contribution is -2.43. The summed E-state index contributed by atoms with van der Waals surface area (Å²) >= 11 is 0. The number of nitrogens with two attached hydrogens (primary N) is 1. The van der Waals surface area contributed by atoms with Gasteiger partial charge in [0.25, 0.3) is 11.5 Å². The molecule has 1 heterocycles. The molecule has 1 amide bonds. The lowest BCUT2D eigenvalue weighted by molar-refractivity contribution is -0.149. The van der Waals surface area contributed by atoms with Gasteiger partial charge in [-0.15, -0.1) is 0 Å². The van der Waals surface area contributed by atoms with E-state index in [-0.39, 0.29) is 24.6 Å². The molecule has 0 spiro atoms. The molecule has 3 N–H and O–H groups in total. The van der Waals surface area contributed by atoms with E-state index in [1.165, 1.54) is 9.47 Å². The normalized spacial score (nSPS) is 11.6. The van der Waals surface area contributed by atoms with Crippen LogP contribution in [0, 0.1) is 0 Å². The average molecular weight is 479 g/mol. The standard InChI is InChI=1S/C26H30N4O5/c1-3-15-29(21(31)17-35-25(33)20(4-2)19-13-9-6-10-14-19)22-23(27)30(26(34)28-24(22)32)16-18-11-7-5-8-12-18/h5-14,20H,3-4,15-17,27H2,1-2H3,(H,28,32,34). The number of rotatable bonds is 10. The molecule has 0 aliphatic heterocycles. The average Bonchev–Trinajstić information content (AvgIpc) is 2.86. The van der Waals surface area contributed by atoms with Crippen molar-refractivity contribution in [1.29, 1.82) is 0 Å². The molecule has 2 aromatic carbocycles. The Bertz CT molecular complexity index is 1270. The second-order valence-corrected chi connectivity index (χ2v) is 8.09. The fourth-order valence-corrected chi connectivity index (χ4v) is 3.88. The minimum atomic E-state index is -0.777. The van der Waals surface area contributed by atoms with Crippen molar-refractivity contribution >= 4 is 23.4 Å². The SMILES string of the molecule is CCCN(C(=O)COC(=O)C(CC)c1ccccc1)c1c(N)n(Cc2ccccc2)c(=O)[nH]c1=O. The topological polar surface area (TPSA) is 127 Å². The summed E-state index contributed by atoms with van der Waals surface area (Å²) in [6.07, 6.45) is 1.02. The molecule has 1 unspecified atom stereocenters. The number of aromatic nitrogens is 2. The van der Waals surface area contributed by atoms with Crippen LogP contribution in [0.2, 0.25) is 0 Å². The van der Waals surface area contributed by atoms with Gasteiger partial charge in [-0.25, -0.2) is 4.79 Å². The van der Waals surface area contributed by atoms with Crippen LogP contribution in [0.25, 0.3) is 0 Å². The molecule has 0 aliphatic rings. The number of ether oxygens (including phenoxy) is 1. The van der Waals surface area contributed by atoms with E-state index in [1.807, 2.05) is 74.5 Å². The molecule has 0 bridgehead atoms. The van der Waals surface area contributed by atoms with Crippen LogP contribution in [0.15, 0.2) is 70.3 Å². The smallest absolute Gasteiger partial charge is 0.330 e. The van der Waals surface area contributed by atoms with Gasteiger partial charge in [0, 0.05) is 6.54 Å². The minimum absolute atomic E-state index is 0.119. The molecule has 0 radical (unpaired) electrons. The van der Waals surface area contributed by atoms with Crippen molar-refractivity contribution in [3.8, 4) is 0 Å². The minimum Gasteiger partial charge on any atom is -0.455 e. The summed E-state index contributed by atoms with van der Waals surface area (Å²) in [5.41, 5.74) is 6.25. The number of carbonyl (C=O) groups excluding carboxylic acids is 2. The van der Waals surface area contributed by atoms with Gasteiger partial charge < -0.3 is 15.4 Å². The van der Waals surface area contributed by atoms with Crippen molar-refractivity contribution in [2.24, 2.45) is 0 Å². The molecular formula is C26H30N4O5. The zero-order valence-corrected chi connectivity index (χ0v) is 19.9. The molecule has 1 atom stereocenters. The fraction of sp³-hybridized carbons (Fsp3) is 0.308. The first-order valence-electron chi connectivity index (χ1n) is 11.6. The Balaban J connectivity index is 1.85. The van der Waals surface area contributed by atoms with Crippen LogP contribution in [0.3, 0.4) is 0 Å². The van der Waals surface area contributed by atoms with E-state index in [1.54, 1.807) is 0 Å². The molecule has 184 valence electrons. The second-order valence-electron chi connectivity index (χ2n) is 8.09. The summed E-state index contributed by atoms with van der Waals surface area (Å²) in [7, 11) is 0. The van der Waals surface area contributed by atoms with Crippen LogP contribution in [0.1, 0.15) is 43.7 Å². The summed E-state index contributed by atoms with van der Waals surface area (Å²) in [4.78, 5) is 54.4. The lowest BCUT2D eigenvalue weighted by Gasteiger charge is -2.24. The van der Waals surface area contributed by atoms with E-state index in [2.05, 4.69) is 4.98 Å². The van der Waals surface area contributed by atoms with Gasteiger partial charge in [0.15, 0.2) is 12.3 Å². The van der Waals surface area contributed by atoms with Crippen LogP contribution in [-0.2, 0) is 20.9 Å². The van der Waals surface area contributed by atoms with Crippen molar-refractivity contribution in [3.05, 3.63) is 92.6 Å². The van der Waals surface area contributed by atoms with Gasteiger partial charge in [-0.2, -0.15) is 0 Å². The van der Waals surface area contributed by atoms with Crippen molar-refractivity contribution in [2.75, 3.05) is 23.8 Å². The number of hydrogen-bond acceptors (Lipinski definition) is 6. The van der Waals surface area contributed by atoms with Gasteiger partial charge in [0.2, 0.25) is 0 Å². The summed E-state index contributed by atoms with van der Waals surface area (Å²) in [5.74, 6) is -1.78. The number of aromatic amines is 1. The quantitative estimate of drug-likeness (QED) is 0.431. The summed E-state index contributed by atoms with van der Waals surface area (Å²) in [5, 5.41) is 0. The number of nitrogens with zero attached hydrogens (tertiary/aromatic N) is 2. The molecule has 0 fully saturated rings. The zero-order valence-electron chi connectivity index (χ0n) is 19.9. The van der Waals surface area contributed by atoms with E-state index in [9.17, 15) is 19.2 Å². The fourth-order valence-electron chi connectivity index (χ4n) is 3.88. The Morgan fingerprint density at radius 1 is 1.03 bits per heavy atom. The van der Waals surface area contributed by atoms with Crippen molar-refractivity contribution < 1.29 is 14.3 Å². The molecule has 0 saturated carbocycles. The second kappa shape index (κ2) is 11.8. The highest BCUT2D eigenvalue weighted by Crippen LogP contribution is 2.22. The number of nitrogens with one attached hydrogen (secondary N) is 1. The largest absolute Gasteiger partial charge is 0.455 e. The number of carbonyl (C=O) groups is 2. The third-order valence-corrected chi connectivity index (χ3v) is 5.65. The molecule has 1 aromatic heterocycles. The predicted octanol–water partition coefficient (Wildman–Crippen LogP) is 2.65. The predicted molar refractivity (Wildman–Crippen MR) is 134 cm³/mol.